The number of nitrogens with zero attached hydrogens (tertiary/aromatic N) is 1. The molecule has 0 saturated carbocycles. The summed E-state index contributed by atoms with van der Waals surface area (Å²) in [5, 5.41) is 9.73. The van der Waals surface area contributed by atoms with Gasteiger partial charge in [0.1, 0.15) is 11.9 Å². The number of rotatable bonds is 2. The van der Waals surface area contributed by atoms with Gasteiger partial charge in [0, 0.05) is 17.3 Å². The van der Waals surface area contributed by atoms with Gasteiger partial charge in [-0.25, -0.2) is 4.39 Å². The molecule has 0 radical (unpaired) electrons. The second-order valence-corrected chi connectivity index (χ2v) is 2.86. The molecule has 0 spiro atoms. The molecule has 2 aromatic heterocycles. The topological polar surface area (TPSA) is 46.3 Å². The molecule has 0 aliphatic carbocycles. The fourth-order valence-electron chi connectivity index (χ4n) is 1.22. The Morgan fingerprint density at radius 3 is 2.93 bits per heavy atom. The quantitative estimate of drug-likeness (QED) is 0.792. The summed E-state index contributed by atoms with van der Waals surface area (Å²) < 4.78 is 18.0. The van der Waals surface area contributed by atoms with Gasteiger partial charge >= 0.3 is 0 Å². The predicted octanol–water partition coefficient (Wildman–Crippen LogP) is 1.90. The van der Waals surface area contributed by atoms with Crippen LogP contribution in [0.5, 0.6) is 0 Å². The Morgan fingerprint density at radius 2 is 2.29 bits per heavy atom. The van der Waals surface area contributed by atoms with Gasteiger partial charge in [-0.2, -0.15) is 0 Å². The Balaban J connectivity index is 2.37. The first-order chi connectivity index (χ1) is 6.79. The minimum Gasteiger partial charge on any atom is -0.472 e. The number of halogens is 1. The zero-order valence-corrected chi connectivity index (χ0v) is 7.22. The van der Waals surface area contributed by atoms with Crippen molar-refractivity contribution in [3.8, 4) is 0 Å². The van der Waals surface area contributed by atoms with Crippen LogP contribution in [-0.4, -0.2) is 10.1 Å². The Labute approximate surface area is 79.8 Å². The second kappa shape index (κ2) is 3.59. The monoisotopic (exact) mass is 193 g/mol. The molecule has 0 aliphatic rings. The summed E-state index contributed by atoms with van der Waals surface area (Å²) in [4.78, 5) is 3.60. The third-order valence-electron chi connectivity index (χ3n) is 1.96. The van der Waals surface area contributed by atoms with Gasteiger partial charge in [0.05, 0.1) is 18.7 Å². The van der Waals surface area contributed by atoms with Crippen molar-refractivity contribution < 1.29 is 13.9 Å². The first kappa shape index (κ1) is 8.90. The molecule has 72 valence electrons. The minimum absolute atomic E-state index is 0.196. The summed E-state index contributed by atoms with van der Waals surface area (Å²) >= 11 is 0. The molecule has 4 heteroatoms. The molecular weight excluding hydrogens is 185 g/mol. The molecule has 2 rings (SSSR count). The SMILES string of the molecule is OC(c1ccoc1)c1ccncc1F. The van der Waals surface area contributed by atoms with Crippen LogP contribution in [0.1, 0.15) is 17.2 Å². The van der Waals surface area contributed by atoms with Crippen molar-refractivity contribution in [1.82, 2.24) is 4.98 Å². The van der Waals surface area contributed by atoms with E-state index in [1.54, 1.807) is 6.07 Å². The third kappa shape index (κ3) is 1.52. The summed E-state index contributed by atoms with van der Waals surface area (Å²) in [6, 6.07) is 3.03. The van der Waals surface area contributed by atoms with Gasteiger partial charge in [0.2, 0.25) is 0 Å². The Kier molecular flexibility index (Phi) is 2.28. The van der Waals surface area contributed by atoms with E-state index in [0.29, 0.717) is 5.56 Å². The molecule has 2 heterocycles. The van der Waals surface area contributed by atoms with E-state index in [9.17, 15) is 9.50 Å². The van der Waals surface area contributed by atoms with Crippen LogP contribution in [0.15, 0.2) is 41.5 Å². The molecule has 0 aromatic carbocycles. The van der Waals surface area contributed by atoms with Crippen LogP contribution < -0.4 is 0 Å². The highest BCUT2D eigenvalue weighted by molar-refractivity contribution is 5.26. The van der Waals surface area contributed by atoms with Gasteiger partial charge in [0.15, 0.2) is 0 Å². The second-order valence-electron chi connectivity index (χ2n) is 2.86. The lowest BCUT2D eigenvalue weighted by Crippen LogP contribution is -2.01. The highest BCUT2D eigenvalue weighted by Crippen LogP contribution is 2.23. The van der Waals surface area contributed by atoms with Crippen molar-refractivity contribution in [2.45, 2.75) is 6.10 Å². The van der Waals surface area contributed by atoms with E-state index in [1.165, 1.54) is 24.8 Å². The van der Waals surface area contributed by atoms with Crippen LogP contribution in [0.3, 0.4) is 0 Å². The predicted molar refractivity (Wildman–Crippen MR) is 47.0 cm³/mol. The summed E-state index contributed by atoms with van der Waals surface area (Å²) in [5.74, 6) is -0.527. The number of aromatic nitrogens is 1. The summed E-state index contributed by atoms with van der Waals surface area (Å²) in [6.07, 6.45) is 4.31. The molecule has 0 saturated heterocycles. The van der Waals surface area contributed by atoms with E-state index in [4.69, 9.17) is 4.42 Å². The lowest BCUT2D eigenvalue weighted by molar-refractivity contribution is 0.213. The van der Waals surface area contributed by atoms with Crippen molar-refractivity contribution in [1.29, 1.82) is 0 Å². The lowest BCUT2D eigenvalue weighted by Gasteiger charge is -2.08. The Morgan fingerprint density at radius 1 is 1.43 bits per heavy atom. The fraction of sp³-hybridized carbons (Fsp3) is 0.100. The van der Waals surface area contributed by atoms with Crippen molar-refractivity contribution in [2.75, 3.05) is 0 Å². The molecular formula is C10H8FNO2. The largest absolute Gasteiger partial charge is 0.472 e. The van der Waals surface area contributed by atoms with E-state index < -0.39 is 11.9 Å². The summed E-state index contributed by atoms with van der Waals surface area (Å²) in [7, 11) is 0. The molecule has 2 aromatic rings. The number of aliphatic hydroxyl groups is 1. The maximum Gasteiger partial charge on any atom is 0.147 e. The van der Waals surface area contributed by atoms with Crippen LogP contribution in [0.4, 0.5) is 4.39 Å². The standard InChI is InChI=1S/C10H8FNO2/c11-9-5-12-3-1-8(9)10(13)7-2-4-14-6-7/h1-6,10,13H. The number of hydrogen-bond donors (Lipinski definition) is 1. The number of hydrogen-bond acceptors (Lipinski definition) is 3. The summed E-state index contributed by atoms with van der Waals surface area (Å²) in [5.41, 5.74) is 0.719. The van der Waals surface area contributed by atoms with Crippen LogP contribution in [0, 0.1) is 5.82 Å². The van der Waals surface area contributed by atoms with Crippen molar-refractivity contribution in [2.24, 2.45) is 0 Å². The third-order valence-corrected chi connectivity index (χ3v) is 1.96. The molecule has 1 N–H and O–H groups in total. The molecule has 0 amide bonds. The highest BCUT2D eigenvalue weighted by Gasteiger charge is 2.15. The normalized spacial score (nSPS) is 12.7. The molecule has 1 unspecified atom stereocenters. The molecule has 1 atom stereocenters. The van der Waals surface area contributed by atoms with Crippen LogP contribution in [-0.2, 0) is 0 Å². The van der Waals surface area contributed by atoms with Crippen molar-refractivity contribution in [3.63, 3.8) is 0 Å². The van der Waals surface area contributed by atoms with Gasteiger partial charge in [-0.05, 0) is 12.1 Å². The minimum atomic E-state index is -1.00. The van der Waals surface area contributed by atoms with Gasteiger partial charge in [-0.1, -0.05) is 0 Å². The first-order valence-electron chi connectivity index (χ1n) is 4.08. The first-order valence-corrected chi connectivity index (χ1v) is 4.08. The van der Waals surface area contributed by atoms with Crippen LogP contribution >= 0.6 is 0 Å². The molecule has 0 fully saturated rings. The average Bonchev–Trinajstić information content (AvgIpc) is 2.70. The lowest BCUT2D eigenvalue weighted by atomic mass is 10.1. The van der Waals surface area contributed by atoms with Gasteiger partial charge in [-0.15, -0.1) is 0 Å². The molecule has 3 nitrogen and oxygen atoms in total. The number of furan rings is 1. The molecule has 0 aliphatic heterocycles. The average molecular weight is 193 g/mol. The van der Waals surface area contributed by atoms with Crippen molar-refractivity contribution >= 4 is 0 Å². The van der Waals surface area contributed by atoms with E-state index >= 15 is 0 Å². The van der Waals surface area contributed by atoms with E-state index in [1.807, 2.05) is 0 Å². The van der Waals surface area contributed by atoms with Gasteiger partial charge in [0.25, 0.3) is 0 Å². The Hall–Kier alpha value is -1.68. The number of aliphatic hydroxyl groups excluding tert-OH is 1. The zero-order chi connectivity index (χ0) is 9.97. The zero-order valence-electron chi connectivity index (χ0n) is 7.22. The smallest absolute Gasteiger partial charge is 0.147 e. The van der Waals surface area contributed by atoms with Gasteiger partial charge in [-0.3, -0.25) is 4.98 Å². The highest BCUT2D eigenvalue weighted by atomic mass is 19.1. The van der Waals surface area contributed by atoms with E-state index in [2.05, 4.69) is 4.98 Å². The van der Waals surface area contributed by atoms with E-state index in [-0.39, 0.29) is 5.56 Å². The number of pyridine rings is 1. The van der Waals surface area contributed by atoms with Gasteiger partial charge < -0.3 is 9.52 Å². The Bertz CT molecular complexity index is 414. The van der Waals surface area contributed by atoms with Crippen molar-refractivity contribution in [3.05, 3.63) is 54.0 Å². The van der Waals surface area contributed by atoms with Crippen LogP contribution in [0.25, 0.3) is 0 Å². The fourth-order valence-corrected chi connectivity index (χ4v) is 1.22. The molecule has 0 bridgehead atoms. The maximum atomic E-state index is 13.2. The van der Waals surface area contributed by atoms with E-state index in [0.717, 1.165) is 6.20 Å². The van der Waals surface area contributed by atoms with Crippen LogP contribution in [0.2, 0.25) is 0 Å². The molecule has 14 heavy (non-hydrogen) atoms. The summed E-state index contributed by atoms with van der Waals surface area (Å²) in [6.45, 7) is 0. The maximum absolute atomic E-state index is 13.2.